The number of aromatic nitrogens is 2. The topological polar surface area (TPSA) is 46.9 Å². The molecule has 5 rings (SSSR count). The first-order valence-corrected chi connectivity index (χ1v) is 10.9. The average molecular weight is 394 g/mol. The van der Waals surface area contributed by atoms with Crippen LogP contribution in [0.4, 0.5) is 5.82 Å². The van der Waals surface area contributed by atoms with Crippen molar-refractivity contribution in [3.05, 3.63) is 74.8 Å². The van der Waals surface area contributed by atoms with Crippen molar-refractivity contribution in [2.75, 3.05) is 5.32 Å². The predicted molar refractivity (Wildman–Crippen MR) is 112 cm³/mol. The van der Waals surface area contributed by atoms with E-state index in [2.05, 4.69) is 62.8 Å². The molecule has 1 saturated carbocycles. The van der Waals surface area contributed by atoms with Crippen molar-refractivity contribution in [1.29, 1.82) is 0 Å². The lowest BCUT2D eigenvalue weighted by molar-refractivity contribution is 0.0950. The van der Waals surface area contributed by atoms with Crippen molar-refractivity contribution >= 4 is 40.5 Å². The van der Waals surface area contributed by atoms with Gasteiger partial charge in [-0.2, -0.15) is 27.4 Å². The predicted octanol–water partition coefficient (Wildman–Crippen LogP) is 4.96. The maximum absolute atomic E-state index is 12.5. The van der Waals surface area contributed by atoms with Crippen molar-refractivity contribution in [3.63, 3.8) is 0 Å². The Bertz CT molecular complexity index is 990. The van der Waals surface area contributed by atoms with Crippen LogP contribution < -0.4 is 5.32 Å². The molecule has 136 valence electrons. The van der Waals surface area contributed by atoms with E-state index in [4.69, 9.17) is 0 Å². The number of rotatable bonds is 5. The summed E-state index contributed by atoms with van der Waals surface area (Å²) in [7, 11) is 0. The fourth-order valence-electron chi connectivity index (χ4n) is 3.76. The molecule has 3 heterocycles. The average Bonchev–Trinajstić information content (AvgIpc) is 3.15. The molecule has 1 N–H and O–H groups in total. The van der Waals surface area contributed by atoms with Crippen LogP contribution in [0.1, 0.15) is 40.0 Å². The summed E-state index contributed by atoms with van der Waals surface area (Å²) in [5.41, 5.74) is 4.20. The number of hydrogen-bond donors (Lipinski definition) is 1. The molecule has 0 aromatic carbocycles. The van der Waals surface area contributed by atoms with Crippen molar-refractivity contribution in [3.8, 4) is 0 Å². The Morgan fingerprint density at radius 2 is 1.96 bits per heavy atom. The number of nitrogens with zero attached hydrogens (tertiary/aromatic N) is 2. The Kier molecular flexibility index (Phi) is 3.91. The van der Waals surface area contributed by atoms with Crippen molar-refractivity contribution < 1.29 is 4.79 Å². The number of allylic oxidation sites excluding steroid dienone is 2. The third kappa shape index (κ3) is 2.71. The summed E-state index contributed by atoms with van der Waals surface area (Å²) in [5, 5.41) is 16.7. The van der Waals surface area contributed by atoms with Gasteiger partial charge >= 0.3 is 0 Å². The van der Waals surface area contributed by atoms with E-state index < -0.39 is 0 Å². The lowest BCUT2D eigenvalue weighted by atomic mass is 9.70. The second-order valence-corrected chi connectivity index (χ2v) is 8.65. The molecule has 4 nitrogen and oxygen atoms in total. The van der Waals surface area contributed by atoms with Crippen molar-refractivity contribution in [2.45, 2.75) is 30.7 Å². The van der Waals surface area contributed by atoms with Gasteiger partial charge in [-0.05, 0) is 63.7 Å². The minimum absolute atomic E-state index is 0.185. The van der Waals surface area contributed by atoms with Crippen molar-refractivity contribution in [2.24, 2.45) is 0 Å². The fraction of sp³-hybridized carbons (Fsp3) is 0.238. The van der Waals surface area contributed by atoms with E-state index in [1.54, 1.807) is 22.7 Å². The Balaban J connectivity index is 1.67. The minimum Gasteiger partial charge on any atom is -0.365 e. The zero-order chi connectivity index (χ0) is 18.4. The van der Waals surface area contributed by atoms with Gasteiger partial charge in [0.05, 0.1) is 5.69 Å². The van der Waals surface area contributed by atoms with E-state index in [0.717, 1.165) is 29.9 Å². The number of fused-ring (bicyclic) bond motifs is 1. The van der Waals surface area contributed by atoms with E-state index >= 15 is 0 Å². The highest BCUT2D eigenvalue weighted by Gasteiger charge is 2.39. The number of nitrogens with one attached hydrogen (secondary N) is 1. The first kappa shape index (κ1) is 16.7. The van der Waals surface area contributed by atoms with E-state index in [-0.39, 0.29) is 11.3 Å². The van der Waals surface area contributed by atoms with Crippen LogP contribution in [0.5, 0.6) is 0 Å². The maximum atomic E-state index is 12.5. The standard InChI is InChI=1S/C21H19N3OS2/c1-2-19(25)24-18-11-21(14-6-9-26-12-14,15-7-10-27-13-15)8-5-17(18)20(23-24)22-16-3-4-16/h2,5-10,12-13,16H,1,3-4,11H2,(H,22,23). The molecule has 27 heavy (non-hydrogen) atoms. The summed E-state index contributed by atoms with van der Waals surface area (Å²) >= 11 is 3.40. The lowest BCUT2D eigenvalue weighted by Gasteiger charge is -2.33. The SMILES string of the molecule is C=CC(=O)n1nc(NC2CC2)c2c1CC(c1ccsc1)(c1ccsc1)C=C2. The van der Waals surface area contributed by atoms with Gasteiger partial charge in [0.25, 0.3) is 5.91 Å². The van der Waals surface area contributed by atoms with Gasteiger partial charge in [0.2, 0.25) is 0 Å². The second-order valence-electron chi connectivity index (χ2n) is 7.09. The zero-order valence-electron chi connectivity index (χ0n) is 14.7. The number of carbonyl (C=O) groups is 1. The van der Waals surface area contributed by atoms with Crippen LogP contribution in [0.2, 0.25) is 0 Å². The van der Waals surface area contributed by atoms with Gasteiger partial charge in [-0.1, -0.05) is 18.7 Å². The maximum Gasteiger partial charge on any atom is 0.270 e. The molecule has 0 saturated heterocycles. The molecule has 0 radical (unpaired) electrons. The van der Waals surface area contributed by atoms with Crippen LogP contribution in [-0.4, -0.2) is 21.7 Å². The van der Waals surface area contributed by atoms with Crippen LogP contribution in [0.3, 0.4) is 0 Å². The van der Waals surface area contributed by atoms with Gasteiger partial charge in [0, 0.05) is 23.4 Å². The summed E-state index contributed by atoms with van der Waals surface area (Å²) in [5.74, 6) is 0.623. The van der Waals surface area contributed by atoms with Gasteiger partial charge in [-0.15, -0.1) is 5.10 Å². The molecule has 3 aromatic rings. The second kappa shape index (κ2) is 6.32. The molecule has 0 unspecified atom stereocenters. The third-order valence-electron chi connectivity index (χ3n) is 5.38. The summed E-state index contributed by atoms with van der Waals surface area (Å²) < 4.78 is 1.53. The van der Waals surface area contributed by atoms with Crippen LogP contribution in [0.15, 0.2) is 52.4 Å². The van der Waals surface area contributed by atoms with Crippen molar-refractivity contribution in [1.82, 2.24) is 9.78 Å². The molecule has 3 aromatic heterocycles. The van der Waals surface area contributed by atoms with Gasteiger partial charge in [-0.3, -0.25) is 4.79 Å². The summed E-state index contributed by atoms with van der Waals surface area (Å²) in [4.78, 5) is 12.5. The normalized spacial score (nSPS) is 17.5. The molecular weight excluding hydrogens is 374 g/mol. The summed E-state index contributed by atoms with van der Waals surface area (Å²) in [6, 6.07) is 4.83. The summed E-state index contributed by atoms with van der Waals surface area (Å²) in [6.45, 7) is 3.66. The quantitative estimate of drug-likeness (QED) is 0.623. The van der Waals surface area contributed by atoms with Gasteiger partial charge in [0.1, 0.15) is 0 Å². The van der Waals surface area contributed by atoms with E-state index in [0.29, 0.717) is 12.5 Å². The van der Waals surface area contributed by atoms with E-state index in [1.807, 2.05) is 0 Å². The number of anilines is 1. The molecular formula is C21H19N3OS2. The monoisotopic (exact) mass is 393 g/mol. The Labute approximate surface area is 165 Å². The molecule has 2 aliphatic carbocycles. The van der Waals surface area contributed by atoms with Gasteiger partial charge in [-0.25, -0.2) is 0 Å². The van der Waals surface area contributed by atoms with Crippen LogP contribution in [0, 0.1) is 0 Å². The Morgan fingerprint density at radius 3 is 2.52 bits per heavy atom. The van der Waals surface area contributed by atoms with Gasteiger partial charge in [0.15, 0.2) is 5.82 Å². The molecule has 2 aliphatic rings. The van der Waals surface area contributed by atoms with Crippen LogP contribution in [-0.2, 0) is 11.8 Å². The van der Waals surface area contributed by atoms with E-state index in [1.165, 1.54) is 21.9 Å². The first-order valence-electron chi connectivity index (χ1n) is 9.01. The molecule has 6 heteroatoms. The summed E-state index contributed by atoms with van der Waals surface area (Å²) in [6.07, 6.45) is 8.78. The molecule has 0 atom stereocenters. The molecule has 0 amide bonds. The number of thiophene rings is 2. The number of carbonyl (C=O) groups excluding carboxylic acids is 1. The fourth-order valence-corrected chi connectivity index (χ4v) is 5.23. The van der Waals surface area contributed by atoms with Crippen LogP contribution >= 0.6 is 22.7 Å². The smallest absolute Gasteiger partial charge is 0.270 e. The highest BCUT2D eigenvalue weighted by Crippen LogP contribution is 2.44. The molecule has 0 aliphatic heterocycles. The van der Waals surface area contributed by atoms with Crippen LogP contribution in [0.25, 0.3) is 6.08 Å². The molecule has 1 fully saturated rings. The molecule has 0 spiro atoms. The first-order chi connectivity index (χ1) is 13.2. The third-order valence-corrected chi connectivity index (χ3v) is 6.74. The van der Waals surface area contributed by atoms with E-state index in [9.17, 15) is 4.79 Å². The highest BCUT2D eigenvalue weighted by atomic mass is 32.1. The number of hydrogen-bond acceptors (Lipinski definition) is 5. The Morgan fingerprint density at radius 1 is 1.26 bits per heavy atom. The lowest BCUT2D eigenvalue weighted by Crippen LogP contribution is -2.31. The molecule has 0 bridgehead atoms. The minimum atomic E-state index is -0.275. The highest BCUT2D eigenvalue weighted by molar-refractivity contribution is 7.08. The largest absolute Gasteiger partial charge is 0.365 e. The van der Waals surface area contributed by atoms with Gasteiger partial charge < -0.3 is 5.32 Å². The zero-order valence-corrected chi connectivity index (χ0v) is 16.4. The Hall–Kier alpha value is -2.44.